The summed E-state index contributed by atoms with van der Waals surface area (Å²) in [6.07, 6.45) is 10.1. The summed E-state index contributed by atoms with van der Waals surface area (Å²) >= 11 is 0. The van der Waals surface area contributed by atoms with E-state index in [0.29, 0.717) is 71.9 Å². The average Bonchev–Trinajstić information content (AvgIpc) is 0.752. The minimum Gasteiger partial charge on any atom is -0.494 e. The molecule has 0 N–H and O–H groups in total. The largest absolute Gasteiger partial charge is 0.494 e. The normalized spacial score (nSPS) is 12.5. The van der Waals surface area contributed by atoms with E-state index in [4.69, 9.17) is 33.2 Å². The van der Waals surface area contributed by atoms with Crippen molar-refractivity contribution >= 4 is 146 Å². The summed E-state index contributed by atoms with van der Waals surface area (Å²) in [5.41, 5.74) is 1.50. The lowest BCUT2D eigenvalue weighted by molar-refractivity contribution is -0.149. The number of ether oxygens (including phenoxy) is 7. The lowest BCUT2D eigenvalue weighted by Crippen LogP contribution is -2.17. The zero-order chi connectivity index (χ0) is 79.1. The topological polar surface area (TPSA) is 201 Å². The maximum Gasteiger partial charge on any atom is 0.343 e. The number of carbonyl (C=O) groups is 8. The Labute approximate surface area is 648 Å². The lowest BCUT2D eigenvalue weighted by atomic mass is 9.92. The third-order valence-electron chi connectivity index (χ3n) is 20.5. The number of hydrogen-bond donors (Lipinski definition) is 0. The Hall–Kier alpha value is -11.8. The first-order valence-electron chi connectivity index (χ1n) is 38.7. The number of carbonyl (C=O) groups excluding carboxylic acids is 8. The molecule has 0 amide bonds. The molecule has 0 saturated heterocycles. The Balaban J connectivity index is 0.000000168. The van der Waals surface area contributed by atoms with Crippen molar-refractivity contribution in [1.29, 1.82) is 0 Å². The maximum atomic E-state index is 13.0. The number of hydrogen-bond acceptors (Lipinski definition) is 15. The Morgan fingerprint density at radius 3 is 0.955 bits per heavy atom. The monoisotopic (exact) mass is 1490 g/mol. The van der Waals surface area contributed by atoms with Crippen LogP contribution in [0.5, 0.6) is 28.7 Å². The molecule has 111 heavy (non-hydrogen) atoms. The zero-order valence-corrected chi connectivity index (χ0v) is 65.1. The van der Waals surface area contributed by atoms with E-state index < -0.39 is 11.9 Å². The quantitative estimate of drug-likeness (QED) is 0.0147. The van der Waals surface area contributed by atoms with E-state index in [1.807, 2.05) is 142 Å². The van der Waals surface area contributed by atoms with Crippen LogP contribution in [0.25, 0.3) is 97.0 Å². The second-order valence-electron chi connectivity index (χ2n) is 28.3. The molecule has 15 nitrogen and oxygen atoms in total. The molecule has 0 aliphatic heterocycles. The van der Waals surface area contributed by atoms with Gasteiger partial charge in [0.25, 0.3) is 0 Å². The molecule has 14 aromatic carbocycles. The smallest absolute Gasteiger partial charge is 0.343 e. The van der Waals surface area contributed by atoms with Crippen LogP contribution in [0.2, 0.25) is 0 Å². The van der Waals surface area contributed by atoms with Crippen LogP contribution >= 0.6 is 0 Å². The predicted molar refractivity (Wildman–Crippen MR) is 445 cm³/mol. The average molecular weight is 1490 g/mol. The van der Waals surface area contributed by atoms with Gasteiger partial charge in [0.1, 0.15) is 41.3 Å². The van der Waals surface area contributed by atoms with Crippen LogP contribution in [0.1, 0.15) is 158 Å². The number of esters is 5. The molecule has 0 bridgehead atoms. The van der Waals surface area contributed by atoms with Crippen molar-refractivity contribution in [2.24, 2.45) is 29.6 Å². The van der Waals surface area contributed by atoms with E-state index in [9.17, 15) is 38.4 Å². The molecule has 0 heterocycles. The van der Waals surface area contributed by atoms with Crippen LogP contribution in [0.15, 0.2) is 206 Å². The summed E-state index contributed by atoms with van der Waals surface area (Å²) < 4.78 is 39.4. The highest BCUT2D eigenvalue weighted by Gasteiger charge is 2.21. The molecule has 14 rings (SSSR count). The van der Waals surface area contributed by atoms with Gasteiger partial charge in [-0.15, -0.1) is 0 Å². The van der Waals surface area contributed by atoms with Crippen molar-refractivity contribution in [2.45, 2.75) is 127 Å². The number of rotatable bonds is 28. The van der Waals surface area contributed by atoms with Crippen molar-refractivity contribution in [3.8, 4) is 28.7 Å². The van der Waals surface area contributed by atoms with Gasteiger partial charge in [0.05, 0.1) is 55.3 Å². The summed E-state index contributed by atoms with van der Waals surface area (Å²) in [5, 5.41) is 19.4. The van der Waals surface area contributed by atoms with Gasteiger partial charge < -0.3 is 42.7 Å². The molecule has 0 saturated carbocycles. The first kappa shape index (κ1) is 81.7. The molecule has 0 fully saturated rings. The molecular weight excluding hydrogens is 1390 g/mol. The van der Waals surface area contributed by atoms with Crippen LogP contribution in [0.4, 0.5) is 0 Å². The second kappa shape index (κ2) is 39.5. The fourth-order valence-corrected chi connectivity index (χ4v) is 12.6. The van der Waals surface area contributed by atoms with Gasteiger partial charge in [0.15, 0.2) is 6.29 Å². The van der Waals surface area contributed by atoms with Gasteiger partial charge in [0, 0.05) is 49.7 Å². The van der Waals surface area contributed by atoms with Crippen LogP contribution in [-0.2, 0) is 33.4 Å². The summed E-state index contributed by atoms with van der Waals surface area (Å²) in [5.74, 6) is 1.94. The number of unbranched alkanes of at least 4 members (excludes halogenated alkanes) is 2. The van der Waals surface area contributed by atoms with E-state index in [1.54, 1.807) is 54.6 Å². The van der Waals surface area contributed by atoms with Crippen LogP contribution in [0.3, 0.4) is 0 Å². The summed E-state index contributed by atoms with van der Waals surface area (Å²) in [6, 6.07) is 66.3. The highest BCUT2D eigenvalue weighted by Crippen LogP contribution is 2.43. The molecule has 0 aliphatic rings. The Morgan fingerprint density at radius 2 is 0.604 bits per heavy atom. The third-order valence-corrected chi connectivity index (χ3v) is 20.5. The third kappa shape index (κ3) is 20.2. The Morgan fingerprint density at radius 1 is 0.306 bits per heavy atom. The molecule has 5 atom stereocenters. The van der Waals surface area contributed by atoms with Gasteiger partial charge in [-0.2, -0.15) is 0 Å². The zero-order valence-electron chi connectivity index (χ0n) is 65.1. The predicted octanol–water partition coefficient (Wildman–Crippen LogP) is 22.9. The van der Waals surface area contributed by atoms with Gasteiger partial charge in [-0.05, 0) is 207 Å². The van der Waals surface area contributed by atoms with E-state index in [0.717, 1.165) is 131 Å². The molecule has 0 aromatic heterocycles. The summed E-state index contributed by atoms with van der Waals surface area (Å²) in [6.45, 7) is 21.2. The lowest BCUT2D eigenvalue weighted by Gasteiger charge is -2.15. The first-order valence-corrected chi connectivity index (χ1v) is 38.7. The molecule has 14 aromatic rings. The highest BCUT2D eigenvalue weighted by atomic mass is 16.6. The van der Waals surface area contributed by atoms with E-state index in [-0.39, 0.29) is 47.5 Å². The fourth-order valence-electron chi connectivity index (χ4n) is 12.6. The standard InChI is InChI=1S/C33H30O6.C32H30O5.C21H18O2.2C5H10O/c1-3-21(2)32(35)38-19-5-4-18-37-26-13-10-24(11-14-26)33(36)39-29-17-12-23-7-6-22-8-9-25(20-34)27-15-16-28(29)31(23)30(22)27;1-3-21(2)31(33)36-20-5-4-19-35-26-15-11-25(12-16-26)32(34)37-28-18-14-24-10-9-22-7-6-8-23-13-17-27(28)30(24)29(22)23;1-3-13(2)21(22)23-18-12-10-16-8-7-14-5-4-6-15-9-11-17(18)20(16)19(14)15;2*1-3-5(2)4-6/h6-17,20-21H,3-5,18-19H2,1-2H3;6-18,21H,3-5,19-20H2,1-2H3;4-13H,3H2,1-2H3;2*4-5H,3H2,1-2H3. The van der Waals surface area contributed by atoms with Gasteiger partial charge in [-0.1, -0.05) is 191 Å². The minimum atomic E-state index is -0.465. The van der Waals surface area contributed by atoms with Crippen molar-refractivity contribution in [3.63, 3.8) is 0 Å². The van der Waals surface area contributed by atoms with Crippen LogP contribution in [-0.4, -0.2) is 75.1 Å². The maximum absolute atomic E-state index is 13.0. The SMILES string of the molecule is CCC(C)C(=O)OCCCCOc1ccc(C(=O)Oc2ccc3ccc4ccc(C=O)c5ccc2c3c45)cc1.CCC(C)C(=O)OCCCCOc1ccc(C(=O)Oc2ccc3ccc4cccc5ccc2c3c45)cc1.CCC(C)C(=O)Oc1ccc2ccc3cccc4ccc1c2c34.CCC(C)C=O.CCC(C)C=O. The highest BCUT2D eigenvalue weighted by molar-refractivity contribution is 6.28. The second-order valence-corrected chi connectivity index (χ2v) is 28.3. The van der Waals surface area contributed by atoms with Crippen molar-refractivity contribution in [3.05, 3.63) is 223 Å². The van der Waals surface area contributed by atoms with Gasteiger partial charge in [-0.25, -0.2) is 9.59 Å². The minimum absolute atomic E-state index is 0.0599. The molecule has 572 valence electrons. The van der Waals surface area contributed by atoms with E-state index in [1.165, 1.54) is 43.1 Å². The van der Waals surface area contributed by atoms with Crippen LogP contribution in [0, 0.1) is 29.6 Å². The van der Waals surface area contributed by atoms with Crippen molar-refractivity contribution < 1.29 is 71.5 Å². The number of aldehydes is 3. The Kier molecular flexibility index (Phi) is 29.1. The van der Waals surface area contributed by atoms with Crippen molar-refractivity contribution in [1.82, 2.24) is 0 Å². The van der Waals surface area contributed by atoms with Gasteiger partial charge >= 0.3 is 29.8 Å². The number of benzene rings is 14. The van der Waals surface area contributed by atoms with Crippen molar-refractivity contribution in [2.75, 3.05) is 26.4 Å². The molecule has 15 heteroatoms. The molecule has 0 spiro atoms. The molecule has 0 radical (unpaired) electrons. The summed E-state index contributed by atoms with van der Waals surface area (Å²) in [7, 11) is 0. The van der Waals surface area contributed by atoms with Gasteiger partial charge in [0.2, 0.25) is 0 Å². The molecule has 0 aliphatic carbocycles. The van der Waals surface area contributed by atoms with Gasteiger partial charge in [-0.3, -0.25) is 19.2 Å². The fraction of sp³-hybridized carbons (Fsp3) is 0.292. The molecule has 5 unspecified atom stereocenters. The summed E-state index contributed by atoms with van der Waals surface area (Å²) in [4.78, 5) is 92.6. The molecular formula is C96H98O15. The first-order chi connectivity index (χ1) is 53.8. The van der Waals surface area contributed by atoms with E-state index >= 15 is 0 Å². The van der Waals surface area contributed by atoms with E-state index in [2.05, 4.69) is 78.9 Å². The van der Waals surface area contributed by atoms with Crippen LogP contribution < -0.4 is 23.7 Å². The Bertz CT molecular complexity index is 5440.